The third-order valence-corrected chi connectivity index (χ3v) is 6.39. The molecule has 1 unspecified atom stereocenters. The number of hydrogen-bond acceptors (Lipinski definition) is 5. The number of carbonyl (C=O) groups is 1. The van der Waals surface area contributed by atoms with Crippen LogP contribution in [0.2, 0.25) is 5.02 Å². The van der Waals surface area contributed by atoms with Gasteiger partial charge in [0.15, 0.2) is 0 Å². The fraction of sp³-hybridized carbons (Fsp3) is 0.320. The Morgan fingerprint density at radius 2 is 1.45 bits per heavy atom. The van der Waals surface area contributed by atoms with E-state index in [2.05, 4.69) is 49.9 Å². The van der Waals surface area contributed by atoms with Gasteiger partial charge >= 0.3 is 6.09 Å². The van der Waals surface area contributed by atoms with Gasteiger partial charge in [-0.3, -0.25) is 4.90 Å². The minimum atomic E-state index is -0.623. The Balaban J connectivity index is 1.56. The van der Waals surface area contributed by atoms with Gasteiger partial charge in [0.1, 0.15) is 0 Å². The van der Waals surface area contributed by atoms with E-state index in [0.29, 0.717) is 35.9 Å². The van der Waals surface area contributed by atoms with Crippen LogP contribution < -0.4 is 4.84 Å². The van der Waals surface area contributed by atoms with E-state index in [-0.39, 0.29) is 17.8 Å². The van der Waals surface area contributed by atoms with Crippen molar-refractivity contribution in [3.8, 4) is 11.8 Å². The first-order valence-corrected chi connectivity index (χ1v) is 11.3. The molecule has 1 saturated heterocycles. The van der Waals surface area contributed by atoms with Crippen LogP contribution in [0.1, 0.15) is 33.9 Å². The molecule has 7 nitrogen and oxygen atoms in total. The van der Waals surface area contributed by atoms with E-state index in [1.54, 1.807) is 4.90 Å². The molecule has 1 aliphatic rings. The lowest BCUT2D eigenvalue weighted by molar-refractivity contribution is 0.0515. The van der Waals surface area contributed by atoms with E-state index in [1.807, 2.05) is 12.1 Å². The number of halogens is 1. The van der Waals surface area contributed by atoms with E-state index in [0.717, 1.165) is 5.56 Å². The van der Waals surface area contributed by atoms with Crippen molar-refractivity contribution in [1.82, 2.24) is 14.5 Å². The van der Waals surface area contributed by atoms with Crippen molar-refractivity contribution in [3.05, 3.63) is 81.4 Å². The molecule has 1 amide bonds. The van der Waals surface area contributed by atoms with Crippen LogP contribution in [-0.2, 0) is 0 Å². The second-order valence-corrected chi connectivity index (χ2v) is 8.92. The number of nitrogens with zero attached hydrogens (tertiary/aromatic N) is 3. The van der Waals surface area contributed by atoms with Crippen LogP contribution in [0.25, 0.3) is 0 Å². The highest BCUT2D eigenvalue weighted by Gasteiger charge is 2.31. The summed E-state index contributed by atoms with van der Waals surface area (Å²) in [4.78, 5) is 21.7. The van der Waals surface area contributed by atoms with Gasteiger partial charge in [0.25, 0.3) is 0 Å². The molecule has 4 rings (SSSR count). The van der Waals surface area contributed by atoms with Gasteiger partial charge in [-0.1, -0.05) is 41.4 Å². The number of benzene rings is 2. The first kappa shape index (κ1) is 23.0. The zero-order valence-corrected chi connectivity index (χ0v) is 19.7. The molecule has 8 heteroatoms. The molecule has 2 N–H and O–H groups in total. The fourth-order valence-electron chi connectivity index (χ4n) is 4.43. The van der Waals surface area contributed by atoms with Crippen molar-refractivity contribution in [3.63, 3.8) is 0 Å². The maximum atomic E-state index is 12.6. The second-order valence-electron chi connectivity index (χ2n) is 8.49. The Labute approximate surface area is 198 Å². The van der Waals surface area contributed by atoms with E-state index >= 15 is 0 Å². The van der Waals surface area contributed by atoms with Gasteiger partial charge in [-0.15, -0.1) is 4.73 Å². The van der Waals surface area contributed by atoms with E-state index in [1.165, 1.54) is 34.4 Å². The molecule has 2 aromatic carbocycles. The number of aryl methyl sites for hydroxylation is 3. The molecule has 0 spiro atoms. The largest absolute Gasteiger partial charge is 0.492 e. The van der Waals surface area contributed by atoms with Crippen molar-refractivity contribution in [2.45, 2.75) is 26.8 Å². The van der Waals surface area contributed by atoms with Gasteiger partial charge in [0.2, 0.25) is 11.8 Å². The number of hydrogen-bond donors (Lipinski definition) is 2. The number of carbonyl (C=O) groups excluding carboxylic acids is 1. The summed E-state index contributed by atoms with van der Waals surface area (Å²) in [5, 5.41) is 20.2. The lowest BCUT2D eigenvalue weighted by Gasteiger charge is -2.40. The lowest BCUT2D eigenvalue weighted by Crippen LogP contribution is -2.51. The van der Waals surface area contributed by atoms with Gasteiger partial charge in [-0.25, -0.2) is 4.79 Å². The molecule has 0 saturated carbocycles. The Kier molecular flexibility index (Phi) is 6.54. The van der Waals surface area contributed by atoms with Crippen LogP contribution in [0, 0.1) is 20.8 Å². The molecule has 1 fully saturated rings. The molecule has 0 aliphatic carbocycles. The van der Waals surface area contributed by atoms with Crippen LogP contribution >= 0.6 is 11.6 Å². The summed E-state index contributed by atoms with van der Waals surface area (Å²) >= 11 is 6.23. The average Bonchev–Trinajstić information content (AvgIpc) is 3.09. The van der Waals surface area contributed by atoms with Crippen molar-refractivity contribution in [2.75, 3.05) is 26.2 Å². The Bertz CT molecular complexity index is 1100. The molecule has 1 atom stereocenters. The Hall–Kier alpha value is -3.16. The molecule has 174 valence electrons. The predicted octanol–water partition coefficient (Wildman–Crippen LogP) is 4.43. The van der Waals surface area contributed by atoms with Crippen LogP contribution in [0.4, 0.5) is 4.79 Å². The first-order chi connectivity index (χ1) is 15.7. The van der Waals surface area contributed by atoms with Crippen LogP contribution in [-0.4, -0.2) is 57.0 Å². The van der Waals surface area contributed by atoms with Gasteiger partial charge < -0.3 is 20.0 Å². The summed E-state index contributed by atoms with van der Waals surface area (Å²) in [5.74, 6) is -0.680. The number of piperazine rings is 1. The van der Waals surface area contributed by atoms with E-state index in [9.17, 15) is 15.0 Å². The maximum absolute atomic E-state index is 12.6. The molecule has 0 radical (unpaired) electrons. The molecule has 33 heavy (non-hydrogen) atoms. The smallest absolute Gasteiger partial charge is 0.434 e. The van der Waals surface area contributed by atoms with E-state index < -0.39 is 6.09 Å². The number of amides is 1. The third-order valence-electron chi connectivity index (χ3n) is 6.15. The third kappa shape index (κ3) is 4.79. The van der Waals surface area contributed by atoms with Crippen LogP contribution in [0.3, 0.4) is 0 Å². The standard InChI is InChI=1S/C25H28ClN3O4/c1-16-4-6-20(17(2)14-16)24(21-7-5-19(26)15-18(21)3)27-10-12-28(13-11-27)25(32)33-29-22(30)8-9-23(29)31/h4-9,14-15,24,30-31H,10-13H2,1-3H3. The van der Waals surface area contributed by atoms with Gasteiger partial charge in [-0.2, -0.15) is 0 Å². The minimum absolute atomic E-state index is 0.0265. The summed E-state index contributed by atoms with van der Waals surface area (Å²) < 4.78 is 0.713. The number of rotatable bonds is 4. The minimum Gasteiger partial charge on any atom is -0.492 e. The molecular weight excluding hydrogens is 442 g/mol. The number of aromatic hydroxyl groups is 2. The molecule has 1 aromatic heterocycles. The summed E-state index contributed by atoms with van der Waals surface area (Å²) in [7, 11) is 0. The molecule has 1 aliphatic heterocycles. The first-order valence-electron chi connectivity index (χ1n) is 10.9. The Morgan fingerprint density at radius 3 is 2.03 bits per heavy atom. The van der Waals surface area contributed by atoms with Gasteiger partial charge in [0, 0.05) is 43.3 Å². The van der Waals surface area contributed by atoms with Crippen molar-refractivity contribution in [1.29, 1.82) is 0 Å². The van der Waals surface area contributed by atoms with E-state index in [4.69, 9.17) is 16.4 Å². The number of aromatic nitrogens is 1. The zero-order chi connectivity index (χ0) is 23.7. The fourth-order valence-corrected chi connectivity index (χ4v) is 4.66. The van der Waals surface area contributed by atoms with Crippen molar-refractivity contribution >= 4 is 17.7 Å². The van der Waals surface area contributed by atoms with Crippen LogP contribution in [0.15, 0.2) is 48.5 Å². The van der Waals surface area contributed by atoms with Crippen LogP contribution in [0.5, 0.6) is 11.8 Å². The second kappa shape index (κ2) is 9.37. The predicted molar refractivity (Wildman–Crippen MR) is 127 cm³/mol. The SMILES string of the molecule is Cc1ccc(C(c2ccc(Cl)cc2C)N2CCN(C(=O)On3c(O)ccc3O)CC2)c(C)c1. The normalized spacial score (nSPS) is 15.5. The van der Waals surface area contributed by atoms with Gasteiger partial charge in [0.05, 0.1) is 6.04 Å². The highest BCUT2D eigenvalue weighted by molar-refractivity contribution is 6.30. The highest BCUT2D eigenvalue weighted by atomic mass is 35.5. The zero-order valence-electron chi connectivity index (χ0n) is 19.0. The molecule has 2 heterocycles. The highest BCUT2D eigenvalue weighted by Crippen LogP contribution is 2.35. The summed E-state index contributed by atoms with van der Waals surface area (Å²) in [5.41, 5.74) is 5.96. The molecular formula is C25H28ClN3O4. The Morgan fingerprint density at radius 1 is 0.879 bits per heavy atom. The molecule has 3 aromatic rings. The summed E-state index contributed by atoms with van der Waals surface area (Å²) in [6.07, 6.45) is -0.623. The maximum Gasteiger partial charge on any atom is 0.434 e. The average molecular weight is 470 g/mol. The van der Waals surface area contributed by atoms with Gasteiger partial charge in [-0.05, 0) is 55.2 Å². The topological polar surface area (TPSA) is 78.2 Å². The monoisotopic (exact) mass is 469 g/mol. The van der Waals surface area contributed by atoms with Crippen molar-refractivity contribution in [2.24, 2.45) is 0 Å². The lowest BCUT2D eigenvalue weighted by atomic mass is 9.89. The summed E-state index contributed by atoms with van der Waals surface area (Å²) in [6.45, 7) is 8.47. The quantitative estimate of drug-likeness (QED) is 0.591. The molecule has 0 bridgehead atoms. The summed E-state index contributed by atoms with van der Waals surface area (Å²) in [6, 6.07) is 15.0. The van der Waals surface area contributed by atoms with Crippen molar-refractivity contribution < 1.29 is 19.8 Å².